The number of para-hydroxylation sites is 1. The molecular formula is C21H13F4N3. The average Bonchev–Trinajstić information content (AvgIpc) is 2.68. The van der Waals surface area contributed by atoms with E-state index in [4.69, 9.17) is 0 Å². The number of hydrogen-bond acceptors (Lipinski definition) is 3. The summed E-state index contributed by atoms with van der Waals surface area (Å²) in [5, 5.41) is 3.61. The van der Waals surface area contributed by atoms with Crippen LogP contribution in [0.4, 0.5) is 29.1 Å². The van der Waals surface area contributed by atoms with Gasteiger partial charge in [0.1, 0.15) is 11.6 Å². The lowest BCUT2D eigenvalue weighted by molar-refractivity contribution is -0.137. The molecule has 0 aliphatic rings. The van der Waals surface area contributed by atoms with Gasteiger partial charge in [-0.05, 0) is 54.6 Å². The minimum atomic E-state index is -4.44. The second kappa shape index (κ2) is 6.92. The van der Waals surface area contributed by atoms with Gasteiger partial charge in [0.25, 0.3) is 0 Å². The van der Waals surface area contributed by atoms with Crippen LogP contribution < -0.4 is 5.32 Å². The molecule has 0 radical (unpaired) electrons. The summed E-state index contributed by atoms with van der Waals surface area (Å²) in [7, 11) is 0. The molecule has 0 saturated carbocycles. The molecule has 1 aromatic heterocycles. The highest BCUT2D eigenvalue weighted by atomic mass is 19.4. The highest BCUT2D eigenvalue weighted by Gasteiger charge is 2.30. The molecule has 0 bridgehead atoms. The third-order valence-electron chi connectivity index (χ3n) is 4.16. The molecule has 1 N–H and O–H groups in total. The molecule has 140 valence electrons. The molecule has 1 heterocycles. The largest absolute Gasteiger partial charge is 0.416 e. The maximum atomic E-state index is 13.2. The van der Waals surface area contributed by atoms with Crippen LogP contribution in [-0.4, -0.2) is 9.97 Å². The Kier molecular flexibility index (Phi) is 4.43. The van der Waals surface area contributed by atoms with Gasteiger partial charge in [0.05, 0.1) is 11.1 Å². The second-order valence-corrected chi connectivity index (χ2v) is 6.12. The van der Waals surface area contributed by atoms with Gasteiger partial charge < -0.3 is 5.32 Å². The fourth-order valence-electron chi connectivity index (χ4n) is 2.81. The highest BCUT2D eigenvalue weighted by Crippen LogP contribution is 2.32. The van der Waals surface area contributed by atoms with Gasteiger partial charge in [0.15, 0.2) is 5.82 Å². The van der Waals surface area contributed by atoms with Crippen LogP contribution in [0.5, 0.6) is 0 Å². The molecule has 0 aliphatic carbocycles. The van der Waals surface area contributed by atoms with Crippen molar-refractivity contribution in [1.82, 2.24) is 9.97 Å². The molecule has 3 aromatic carbocycles. The number of halogens is 4. The summed E-state index contributed by atoms with van der Waals surface area (Å²) in [6.45, 7) is 0. The second-order valence-electron chi connectivity index (χ2n) is 6.12. The Morgan fingerprint density at radius 2 is 1.54 bits per heavy atom. The minimum Gasteiger partial charge on any atom is -0.340 e. The van der Waals surface area contributed by atoms with Crippen LogP contribution in [0.25, 0.3) is 22.3 Å². The number of alkyl halides is 3. The van der Waals surface area contributed by atoms with E-state index < -0.39 is 11.7 Å². The maximum absolute atomic E-state index is 13.2. The zero-order chi connectivity index (χ0) is 19.7. The Labute approximate surface area is 157 Å². The monoisotopic (exact) mass is 383 g/mol. The Morgan fingerprint density at radius 1 is 0.786 bits per heavy atom. The highest BCUT2D eigenvalue weighted by molar-refractivity contribution is 5.92. The Hall–Kier alpha value is -3.48. The van der Waals surface area contributed by atoms with Gasteiger partial charge in [0, 0.05) is 16.6 Å². The summed E-state index contributed by atoms with van der Waals surface area (Å²) in [6.07, 6.45) is -4.44. The van der Waals surface area contributed by atoms with Gasteiger partial charge in [-0.25, -0.2) is 14.4 Å². The van der Waals surface area contributed by atoms with Crippen LogP contribution in [0.2, 0.25) is 0 Å². The minimum absolute atomic E-state index is 0.253. The van der Waals surface area contributed by atoms with E-state index in [1.165, 1.54) is 24.3 Å². The van der Waals surface area contributed by atoms with Crippen molar-refractivity contribution in [2.75, 3.05) is 5.32 Å². The molecule has 0 fully saturated rings. The number of anilines is 2. The van der Waals surface area contributed by atoms with Crippen molar-refractivity contribution in [3.63, 3.8) is 0 Å². The first-order valence-corrected chi connectivity index (χ1v) is 8.37. The summed E-state index contributed by atoms with van der Waals surface area (Å²) in [5.74, 6) is 0.323. The van der Waals surface area contributed by atoms with E-state index in [-0.39, 0.29) is 11.5 Å². The normalized spacial score (nSPS) is 11.6. The summed E-state index contributed by atoms with van der Waals surface area (Å²) < 4.78 is 52.2. The van der Waals surface area contributed by atoms with Crippen molar-refractivity contribution in [3.05, 3.63) is 84.2 Å². The molecule has 0 aliphatic heterocycles. The molecule has 28 heavy (non-hydrogen) atoms. The van der Waals surface area contributed by atoms with Crippen molar-refractivity contribution in [3.8, 4) is 11.4 Å². The molecule has 0 unspecified atom stereocenters. The number of nitrogens with one attached hydrogen (secondary N) is 1. The van der Waals surface area contributed by atoms with Crippen molar-refractivity contribution in [1.29, 1.82) is 0 Å². The molecule has 4 rings (SSSR count). The lowest BCUT2D eigenvalue weighted by Gasteiger charge is -2.13. The maximum Gasteiger partial charge on any atom is 0.416 e. The van der Waals surface area contributed by atoms with E-state index in [1.807, 2.05) is 0 Å². The SMILES string of the molecule is Fc1ccc(-c2nc(Nc3cccc(C(F)(F)F)c3)c3ccccc3n2)cc1. The van der Waals surface area contributed by atoms with Gasteiger partial charge in [-0.15, -0.1) is 0 Å². The van der Waals surface area contributed by atoms with Crippen molar-refractivity contribution >= 4 is 22.4 Å². The van der Waals surface area contributed by atoms with E-state index >= 15 is 0 Å². The van der Waals surface area contributed by atoms with Crippen LogP contribution in [-0.2, 0) is 6.18 Å². The lowest BCUT2D eigenvalue weighted by Crippen LogP contribution is -2.05. The molecule has 0 saturated heterocycles. The fourth-order valence-corrected chi connectivity index (χ4v) is 2.81. The van der Waals surface area contributed by atoms with Crippen LogP contribution in [0, 0.1) is 5.82 Å². The number of hydrogen-bond donors (Lipinski definition) is 1. The van der Waals surface area contributed by atoms with Crippen molar-refractivity contribution < 1.29 is 17.6 Å². The standard InChI is InChI=1S/C21H13F4N3/c22-15-10-8-13(9-11-15)19-27-18-7-2-1-6-17(18)20(28-19)26-16-5-3-4-14(12-16)21(23,24)25/h1-12H,(H,26,27,28). The van der Waals surface area contributed by atoms with Crippen LogP contribution in [0.15, 0.2) is 72.8 Å². The predicted octanol–water partition coefficient (Wildman–Crippen LogP) is 6.20. The smallest absolute Gasteiger partial charge is 0.340 e. The number of rotatable bonds is 3. The van der Waals surface area contributed by atoms with Crippen LogP contribution >= 0.6 is 0 Å². The molecule has 3 nitrogen and oxygen atoms in total. The van der Waals surface area contributed by atoms with Crippen molar-refractivity contribution in [2.45, 2.75) is 6.18 Å². The van der Waals surface area contributed by atoms with Crippen LogP contribution in [0.3, 0.4) is 0 Å². The molecule has 4 aromatic rings. The first-order valence-electron chi connectivity index (χ1n) is 8.37. The fraction of sp³-hybridized carbons (Fsp3) is 0.0476. The number of aromatic nitrogens is 2. The molecule has 0 atom stereocenters. The average molecular weight is 383 g/mol. The van der Waals surface area contributed by atoms with Crippen LogP contribution in [0.1, 0.15) is 5.56 Å². The summed E-state index contributed by atoms with van der Waals surface area (Å²) >= 11 is 0. The topological polar surface area (TPSA) is 37.8 Å². The molecular weight excluding hydrogens is 370 g/mol. The molecule has 0 amide bonds. The zero-order valence-corrected chi connectivity index (χ0v) is 14.3. The van der Waals surface area contributed by atoms with E-state index in [1.54, 1.807) is 36.4 Å². The quantitative estimate of drug-likeness (QED) is 0.428. The Morgan fingerprint density at radius 3 is 2.29 bits per heavy atom. The number of fused-ring (bicyclic) bond motifs is 1. The third kappa shape index (κ3) is 3.64. The van der Waals surface area contributed by atoms with Gasteiger partial charge in [-0.2, -0.15) is 13.2 Å². The first-order chi connectivity index (χ1) is 13.4. The van der Waals surface area contributed by atoms with Gasteiger partial charge >= 0.3 is 6.18 Å². The lowest BCUT2D eigenvalue weighted by atomic mass is 10.1. The number of benzene rings is 3. The third-order valence-corrected chi connectivity index (χ3v) is 4.16. The Balaban J connectivity index is 1.81. The Bertz CT molecular complexity index is 1140. The van der Waals surface area contributed by atoms with E-state index in [0.29, 0.717) is 28.1 Å². The molecule has 7 heteroatoms. The predicted molar refractivity (Wildman–Crippen MR) is 99.7 cm³/mol. The van der Waals surface area contributed by atoms with Gasteiger partial charge in [-0.1, -0.05) is 18.2 Å². The van der Waals surface area contributed by atoms with Gasteiger partial charge in [-0.3, -0.25) is 0 Å². The first kappa shape index (κ1) is 17.9. The van der Waals surface area contributed by atoms with E-state index in [9.17, 15) is 17.6 Å². The summed E-state index contributed by atoms with van der Waals surface area (Å²) in [4.78, 5) is 8.94. The van der Waals surface area contributed by atoms with Crippen molar-refractivity contribution in [2.24, 2.45) is 0 Å². The van der Waals surface area contributed by atoms with Gasteiger partial charge in [0.2, 0.25) is 0 Å². The van der Waals surface area contributed by atoms with E-state index in [2.05, 4.69) is 15.3 Å². The van der Waals surface area contributed by atoms with E-state index in [0.717, 1.165) is 12.1 Å². The summed E-state index contributed by atoms with van der Waals surface area (Å²) in [5.41, 5.74) is 0.712. The zero-order valence-electron chi connectivity index (χ0n) is 14.3. The number of nitrogens with zero attached hydrogens (tertiary/aromatic N) is 2. The summed E-state index contributed by atoms with van der Waals surface area (Å²) in [6, 6.07) is 17.7. The molecule has 0 spiro atoms.